The van der Waals surface area contributed by atoms with Crippen LogP contribution in [0.1, 0.15) is 11.1 Å². The van der Waals surface area contributed by atoms with Crippen LogP contribution < -0.4 is 20.2 Å². The number of anilines is 1. The van der Waals surface area contributed by atoms with Gasteiger partial charge in [0.15, 0.2) is 11.5 Å². The molecule has 0 aliphatic rings. The fourth-order valence-corrected chi connectivity index (χ4v) is 2.94. The van der Waals surface area contributed by atoms with E-state index >= 15 is 0 Å². The first-order chi connectivity index (χ1) is 15.0. The van der Waals surface area contributed by atoms with Crippen molar-refractivity contribution in [3.63, 3.8) is 0 Å². The first-order valence-corrected chi connectivity index (χ1v) is 10.2. The number of ether oxygens (including phenoxy) is 2. The van der Waals surface area contributed by atoms with Gasteiger partial charge in [0, 0.05) is 21.3 Å². The van der Waals surface area contributed by atoms with E-state index in [9.17, 15) is 4.79 Å². The van der Waals surface area contributed by atoms with E-state index in [1.807, 2.05) is 30.3 Å². The molecule has 0 unspecified atom stereocenters. The number of carbonyl (C=O) groups is 1. The highest BCUT2D eigenvalue weighted by Gasteiger charge is 2.07. The zero-order chi connectivity index (χ0) is 22.1. The molecule has 0 aromatic heterocycles. The van der Waals surface area contributed by atoms with Crippen LogP contribution >= 0.6 is 23.2 Å². The molecule has 3 rings (SSSR count). The Morgan fingerprint density at radius 3 is 2.55 bits per heavy atom. The normalized spacial score (nSPS) is 10.7. The second-order valence-electron chi connectivity index (χ2n) is 6.44. The molecule has 0 aliphatic heterocycles. The third-order valence-electron chi connectivity index (χ3n) is 4.23. The molecule has 160 valence electrons. The van der Waals surface area contributed by atoms with Crippen molar-refractivity contribution >= 4 is 41.0 Å². The van der Waals surface area contributed by atoms with Gasteiger partial charge >= 0.3 is 0 Å². The van der Waals surface area contributed by atoms with Crippen LogP contribution in [0.25, 0.3) is 0 Å². The number of halogens is 2. The molecule has 0 fully saturated rings. The highest BCUT2D eigenvalue weighted by atomic mass is 35.5. The molecule has 1 amide bonds. The number of amides is 1. The molecule has 3 aromatic carbocycles. The van der Waals surface area contributed by atoms with Crippen molar-refractivity contribution < 1.29 is 14.3 Å². The number of rotatable bonds is 9. The summed E-state index contributed by atoms with van der Waals surface area (Å²) in [6.07, 6.45) is 1.53. The number of methoxy groups -OCH3 is 1. The van der Waals surface area contributed by atoms with Crippen molar-refractivity contribution in [1.29, 1.82) is 0 Å². The number of hydrogen-bond acceptors (Lipinski definition) is 5. The first-order valence-electron chi connectivity index (χ1n) is 9.41. The van der Waals surface area contributed by atoms with Crippen LogP contribution in [0.3, 0.4) is 0 Å². The summed E-state index contributed by atoms with van der Waals surface area (Å²) >= 11 is 12.0. The van der Waals surface area contributed by atoms with Crippen molar-refractivity contribution in [2.24, 2.45) is 5.10 Å². The Morgan fingerprint density at radius 2 is 1.81 bits per heavy atom. The van der Waals surface area contributed by atoms with Crippen LogP contribution in [0, 0.1) is 0 Å². The largest absolute Gasteiger partial charge is 0.493 e. The lowest BCUT2D eigenvalue weighted by molar-refractivity contribution is -0.119. The Labute approximate surface area is 190 Å². The maximum atomic E-state index is 11.9. The number of benzene rings is 3. The monoisotopic (exact) mass is 457 g/mol. The van der Waals surface area contributed by atoms with Gasteiger partial charge in [-0.2, -0.15) is 5.10 Å². The minimum Gasteiger partial charge on any atom is -0.493 e. The van der Waals surface area contributed by atoms with Gasteiger partial charge in [-0.05, 0) is 54.1 Å². The topological polar surface area (TPSA) is 72.0 Å². The van der Waals surface area contributed by atoms with Crippen LogP contribution in [-0.4, -0.2) is 25.8 Å². The fourth-order valence-electron chi connectivity index (χ4n) is 2.62. The van der Waals surface area contributed by atoms with E-state index in [-0.39, 0.29) is 12.5 Å². The third kappa shape index (κ3) is 6.91. The number of nitrogens with zero attached hydrogens (tertiary/aromatic N) is 1. The average molecular weight is 458 g/mol. The lowest BCUT2D eigenvalue weighted by Crippen LogP contribution is -2.25. The Balaban J connectivity index is 1.52. The molecular formula is C23H21Cl2N3O3. The first kappa shape index (κ1) is 22.5. The molecule has 0 saturated carbocycles. The van der Waals surface area contributed by atoms with Crippen LogP contribution in [0.15, 0.2) is 71.8 Å². The number of hydrogen-bond donors (Lipinski definition) is 2. The Kier molecular flexibility index (Phi) is 8.15. The van der Waals surface area contributed by atoms with Crippen molar-refractivity contribution in [2.75, 3.05) is 19.0 Å². The summed E-state index contributed by atoms with van der Waals surface area (Å²) in [4.78, 5) is 11.9. The number of hydrazone groups is 1. The Hall–Kier alpha value is -3.22. The summed E-state index contributed by atoms with van der Waals surface area (Å²) < 4.78 is 11.2. The smallest absolute Gasteiger partial charge is 0.259 e. The van der Waals surface area contributed by atoms with Gasteiger partial charge in [-0.15, -0.1) is 0 Å². The van der Waals surface area contributed by atoms with Gasteiger partial charge in [0.05, 0.1) is 19.9 Å². The van der Waals surface area contributed by atoms with Crippen LogP contribution in [-0.2, 0) is 11.4 Å². The van der Waals surface area contributed by atoms with Crippen molar-refractivity contribution in [3.8, 4) is 11.5 Å². The van der Waals surface area contributed by atoms with E-state index in [0.717, 1.165) is 16.8 Å². The second kappa shape index (κ2) is 11.2. The number of nitrogens with one attached hydrogen (secondary N) is 2. The van der Waals surface area contributed by atoms with E-state index in [0.29, 0.717) is 28.2 Å². The standard InChI is InChI=1S/C23H21Cl2N3O3/c1-30-22-12-16(6-11-21(22)31-15-17-4-2-3-5-20(17)25)13-27-28-23(29)14-26-19-9-7-18(24)8-10-19/h2-13,26H,14-15H2,1H3,(H,28,29)/b27-13-. The summed E-state index contributed by atoms with van der Waals surface area (Å²) in [5.41, 5.74) is 4.89. The van der Waals surface area contributed by atoms with Crippen molar-refractivity contribution in [2.45, 2.75) is 6.61 Å². The SMILES string of the molecule is COc1cc(/C=N\NC(=O)CNc2ccc(Cl)cc2)ccc1OCc1ccccc1Cl. The molecule has 0 radical (unpaired) electrons. The molecule has 0 atom stereocenters. The van der Waals surface area contributed by atoms with Crippen molar-refractivity contribution in [3.05, 3.63) is 87.9 Å². The fraction of sp³-hybridized carbons (Fsp3) is 0.130. The zero-order valence-electron chi connectivity index (χ0n) is 16.8. The molecule has 0 saturated heterocycles. The lowest BCUT2D eigenvalue weighted by atomic mass is 10.2. The van der Waals surface area contributed by atoms with Gasteiger partial charge in [-0.3, -0.25) is 4.79 Å². The van der Waals surface area contributed by atoms with Crippen LogP contribution in [0.2, 0.25) is 10.0 Å². The number of carbonyl (C=O) groups excluding carboxylic acids is 1. The van der Waals surface area contributed by atoms with Crippen LogP contribution in [0.5, 0.6) is 11.5 Å². The molecule has 0 spiro atoms. The Bertz CT molecular complexity index is 1060. The van der Waals surface area contributed by atoms with E-state index in [4.69, 9.17) is 32.7 Å². The van der Waals surface area contributed by atoms with Gasteiger partial charge in [-0.1, -0.05) is 41.4 Å². The second-order valence-corrected chi connectivity index (χ2v) is 7.29. The summed E-state index contributed by atoms with van der Waals surface area (Å²) in [7, 11) is 1.56. The highest BCUT2D eigenvalue weighted by molar-refractivity contribution is 6.31. The van der Waals surface area contributed by atoms with E-state index < -0.39 is 0 Å². The van der Waals surface area contributed by atoms with E-state index in [1.165, 1.54) is 6.21 Å². The highest BCUT2D eigenvalue weighted by Crippen LogP contribution is 2.29. The van der Waals surface area contributed by atoms with Crippen molar-refractivity contribution in [1.82, 2.24) is 5.43 Å². The predicted octanol–water partition coefficient (Wildman–Crippen LogP) is 5.14. The van der Waals surface area contributed by atoms with E-state index in [1.54, 1.807) is 43.5 Å². The molecule has 0 aliphatic carbocycles. The predicted molar refractivity (Wildman–Crippen MR) is 124 cm³/mol. The zero-order valence-corrected chi connectivity index (χ0v) is 18.3. The van der Waals surface area contributed by atoms with Gasteiger partial charge < -0.3 is 14.8 Å². The lowest BCUT2D eigenvalue weighted by Gasteiger charge is -2.12. The summed E-state index contributed by atoms with van der Waals surface area (Å²) in [5, 5.41) is 8.25. The molecule has 6 nitrogen and oxygen atoms in total. The third-order valence-corrected chi connectivity index (χ3v) is 4.85. The maximum absolute atomic E-state index is 11.9. The van der Waals surface area contributed by atoms with E-state index in [2.05, 4.69) is 15.8 Å². The minimum atomic E-state index is -0.280. The average Bonchev–Trinajstić information content (AvgIpc) is 2.78. The molecule has 31 heavy (non-hydrogen) atoms. The maximum Gasteiger partial charge on any atom is 0.259 e. The molecular weight excluding hydrogens is 437 g/mol. The Morgan fingerprint density at radius 1 is 1.03 bits per heavy atom. The summed E-state index contributed by atoms with van der Waals surface area (Å²) in [5.74, 6) is 0.848. The quantitative estimate of drug-likeness (QED) is 0.344. The summed E-state index contributed by atoms with van der Waals surface area (Å²) in [6, 6.07) is 19.9. The van der Waals surface area contributed by atoms with Gasteiger partial charge in [0.2, 0.25) is 0 Å². The van der Waals surface area contributed by atoms with Gasteiger partial charge in [0.1, 0.15) is 6.61 Å². The minimum absolute atomic E-state index is 0.0805. The summed E-state index contributed by atoms with van der Waals surface area (Å²) in [6.45, 7) is 0.400. The molecule has 2 N–H and O–H groups in total. The van der Waals surface area contributed by atoms with Crippen LogP contribution in [0.4, 0.5) is 5.69 Å². The molecule has 0 heterocycles. The molecule has 0 bridgehead atoms. The molecule has 3 aromatic rings. The molecule has 8 heteroatoms. The van der Waals surface area contributed by atoms with Gasteiger partial charge in [-0.25, -0.2) is 5.43 Å². The van der Waals surface area contributed by atoms with Gasteiger partial charge in [0.25, 0.3) is 5.91 Å².